The van der Waals surface area contributed by atoms with E-state index in [4.69, 9.17) is 10.8 Å². The van der Waals surface area contributed by atoms with Gasteiger partial charge in [-0.3, -0.25) is 10.8 Å². The molecule has 0 aliphatic rings. The molecule has 1 heterocycles. The number of nitrogens with zero attached hydrogens (tertiary/aromatic N) is 2. The molecular formula is C7H9N5. The molecule has 0 spiro atoms. The molecule has 1 aromatic rings. The van der Waals surface area contributed by atoms with E-state index in [9.17, 15) is 0 Å². The van der Waals surface area contributed by atoms with Crippen molar-refractivity contribution >= 4 is 11.7 Å². The quantitative estimate of drug-likeness (QED) is 0.413. The zero-order valence-corrected chi connectivity index (χ0v) is 6.63. The summed E-state index contributed by atoms with van der Waals surface area (Å²) in [5, 5.41) is 17.0. The van der Waals surface area contributed by atoms with Crippen molar-refractivity contribution in [3.05, 3.63) is 24.3 Å². The van der Waals surface area contributed by atoms with Gasteiger partial charge in [-0.15, -0.1) is 0 Å². The van der Waals surface area contributed by atoms with E-state index in [1.165, 1.54) is 6.33 Å². The Balaban J connectivity index is 2.73. The maximum absolute atomic E-state index is 7.42. The van der Waals surface area contributed by atoms with Crippen LogP contribution in [0.4, 0.5) is 0 Å². The van der Waals surface area contributed by atoms with Gasteiger partial charge in [0, 0.05) is 6.20 Å². The molecule has 0 unspecified atom stereocenters. The average Bonchev–Trinajstić information content (AvgIpc) is 2.05. The van der Waals surface area contributed by atoms with Gasteiger partial charge >= 0.3 is 0 Å². The molecule has 0 aromatic carbocycles. The monoisotopic (exact) mass is 163 g/mol. The van der Waals surface area contributed by atoms with Crippen molar-refractivity contribution in [2.24, 2.45) is 0 Å². The van der Waals surface area contributed by atoms with Crippen LogP contribution in [-0.4, -0.2) is 21.6 Å². The molecule has 0 radical (unpaired) electrons. The Morgan fingerprint density at radius 1 is 1.50 bits per heavy atom. The maximum Gasteiger partial charge on any atom is 0.149 e. The van der Waals surface area contributed by atoms with Gasteiger partial charge in [-0.25, -0.2) is 9.97 Å². The summed E-state index contributed by atoms with van der Waals surface area (Å²) in [6.07, 6.45) is 2.92. The molecule has 0 fully saturated rings. The van der Waals surface area contributed by atoms with Crippen LogP contribution in [0.5, 0.6) is 0 Å². The van der Waals surface area contributed by atoms with Crippen molar-refractivity contribution in [1.82, 2.24) is 15.3 Å². The van der Waals surface area contributed by atoms with Gasteiger partial charge in [0.2, 0.25) is 0 Å². The summed E-state index contributed by atoms with van der Waals surface area (Å²) in [5.41, 5.74) is 0.483. The molecule has 0 bridgehead atoms. The minimum absolute atomic E-state index is 0.116. The normalized spacial score (nSPS) is 9.08. The third-order valence-electron chi connectivity index (χ3n) is 1.15. The first-order valence-corrected chi connectivity index (χ1v) is 3.37. The van der Waals surface area contributed by atoms with Gasteiger partial charge in [0.05, 0.1) is 5.84 Å². The minimum Gasteiger partial charge on any atom is -0.328 e. The van der Waals surface area contributed by atoms with E-state index in [1.807, 2.05) is 0 Å². The summed E-state index contributed by atoms with van der Waals surface area (Å²) < 4.78 is 0. The number of rotatable bonds is 1. The molecule has 0 aliphatic heterocycles. The zero-order valence-electron chi connectivity index (χ0n) is 6.63. The summed E-state index contributed by atoms with van der Waals surface area (Å²) in [6.45, 7) is 1.57. The molecule has 0 aliphatic carbocycles. The fraction of sp³-hybridized carbons (Fsp3) is 0.143. The van der Waals surface area contributed by atoms with Crippen LogP contribution < -0.4 is 5.32 Å². The highest BCUT2D eigenvalue weighted by molar-refractivity contribution is 6.05. The highest BCUT2D eigenvalue weighted by Gasteiger charge is 2.00. The lowest BCUT2D eigenvalue weighted by atomic mass is 10.4. The van der Waals surface area contributed by atoms with Gasteiger partial charge in [0.15, 0.2) is 0 Å². The molecule has 1 aromatic heterocycles. The highest BCUT2D eigenvalue weighted by atomic mass is 15.0. The second kappa shape index (κ2) is 3.56. The Hall–Kier alpha value is -1.78. The van der Waals surface area contributed by atoms with Crippen LogP contribution in [0.2, 0.25) is 0 Å². The van der Waals surface area contributed by atoms with Gasteiger partial charge in [-0.05, 0) is 13.0 Å². The van der Waals surface area contributed by atoms with Crippen molar-refractivity contribution in [2.45, 2.75) is 6.92 Å². The molecule has 0 amide bonds. The van der Waals surface area contributed by atoms with Crippen LogP contribution in [-0.2, 0) is 0 Å². The van der Waals surface area contributed by atoms with E-state index in [-0.39, 0.29) is 11.7 Å². The lowest BCUT2D eigenvalue weighted by molar-refractivity contribution is 1.11. The smallest absolute Gasteiger partial charge is 0.149 e. The third kappa shape index (κ3) is 2.12. The lowest BCUT2D eigenvalue weighted by Crippen LogP contribution is -2.28. The lowest BCUT2D eigenvalue weighted by Gasteiger charge is -2.03. The van der Waals surface area contributed by atoms with Crippen molar-refractivity contribution in [3.63, 3.8) is 0 Å². The Morgan fingerprint density at radius 3 is 2.75 bits per heavy atom. The first-order valence-electron chi connectivity index (χ1n) is 3.37. The Kier molecular flexibility index (Phi) is 2.47. The molecule has 5 heteroatoms. The summed E-state index contributed by atoms with van der Waals surface area (Å²) in [7, 11) is 0. The second-order valence-electron chi connectivity index (χ2n) is 2.22. The molecule has 1 rings (SSSR count). The zero-order chi connectivity index (χ0) is 8.97. The third-order valence-corrected chi connectivity index (χ3v) is 1.15. The number of hydrogen-bond acceptors (Lipinski definition) is 4. The van der Waals surface area contributed by atoms with Crippen molar-refractivity contribution in [1.29, 1.82) is 10.8 Å². The van der Waals surface area contributed by atoms with Crippen molar-refractivity contribution in [3.8, 4) is 0 Å². The number of hydrogen-bond donors (Lipinski definition) is 3. The minimum atomic E-state index is 0.116. The van der Waals surface area contributed by atoms with E-state index in [0.717, 1.165) is 0 Å². The van der Waals surface area contributed by atoms with Gasteiger partial charge in [0.1, 0.15) is 17.9 Å². The largest absolute Gasteiger partial charge is 0.328 e. The van der Waals surface area contributed by atoms with Gasteiger partial charge in [-0.2, -0.15) is 0 Å². The van der Waals surface area contributed by atoms with Gasteiger partial charge in [-0.1, -0.05) is 0 Å². The first-order chi connectivity index (χ1) is 5.70. The van der Waals surface area contributed by atoms with Crippen molar-refractivity contribution < 1.29 is 0 Å². The van der Waals surface area contributed by atoms with E-state index in [0.29, 0.717) is 5.69 Å². The van der Waals surface area contributed by atoms with Gasteiger partial charge < -0.3 is 5.32 Å². The number of amidine groups is 2. The fourth-order valence-corrected chi connectivity index (χ4v) is 0.690. The topological polar surface area (TPSA) is 85.5 Å². The van der Waals surface area contributed by atoms with Crippen LogP contribution in [0.1, 0.15) is 12.6 Å². The molecule has 3 N–H and O–H groups in total. The molecule has 0 atom stereocenters. The number of aromatic nitrogens is 2. The predicted octanol–water partition coefficient (Wildman–Crippen LogP) is 0.389. The summed E-state index contributed by atoms with van der Waals surface area (Å²) in [4.78, 5) is 7.55. The molecule has 0 saturated carbocycles. The summed E-state index contributed by atoms with van der Waals surface area (Å²) in [6, 6.07) is 1.61. The van der Waals surface area contributed by atoms with Crippen LogP contribution in [0, 0.1) is 10.8 Å². The highest BCUT2D eigenvalue weighted by Crippen LogP contribution is 1.89. The molecular weight excluding hydrogens is 154 g/mol. The maximum atomic E-state index is 7.42. The Bertz CT molecular complexity index is 292. The fourth-order valence-electron chi connectivity index (χ4n) is 0.690. The van der Waals surface area contributed by atoms with Crippen LogP contribution in [0.3, 0.4) is 0 Å². The second-order valence-corrected chi connectivity index (χ2v) is 2.22. The van der Waals surface area contributed by atoms with E-state index < -0.39 is 0 Å². The van der Waals surface area contributed by atoms with E-state index in [1.54, 1.807) is 19.2 Å². The van der Waals surface area contributed by atoms with Crippen LogP contribution in [0.25, 0.3) is 0 Å². The molecule has 62 valence electrons. The predicted molar refractivity (Wildman–Crippen MR) is 45.4 cm³/mol. The van der Waals surface area contributed by atoms with Crippen LogP contribution >= 0.6 is 0 Å². The van der Waals surface area contributed by atoms with Crippen LogP contribution in [0.15, 0.2) is 18.6 Å². The summed E-state index contributed by atoms with van der Waals surface area (Å²) in [5.74, 6) is 0.337. The number of nitrogens with one attached hydrogen (secondary N) is 3. The van der Waals surface area contributed by atoms with Crippen molar-refractivity contribution in [2.75, 3.05) is 0 Å². The molecule has 5 nitrogen and oxygen atoms in total. The van der Waals surface area contributed by atoms with E-state index >= 15 is 0 Å². The van der Waals surface area contributed by atoms with E-state index in [2.05, 4.69) is 15.3 Å². The Morgan fingerprint density at radius 2 is 2.25 bits per heavy atom. The first kappa shape index (κ1) is 8.32. The SMILES string of the molecule is CC(=N)NC(=N)c1ccncn1. The standard InChI is InChI=1S/C7H9N5/c1-5(8)12-7(9)6-2-3-10-4-11-6/h2-4H,1H3,(H3,8,9,12). The molecule has 12 heavy (non-hydrogen) atoms. The Labute approximate surface area is 69.9 Å². The molecule has 0 saturated heterocycles. The summed E-state index contributed by atoms with van der Waals surface area (Å²) >= 11 is 0. The average molecular weight is 163 g/mol. The van der Waals surface area contributed by atoms with Gasteiger partial charge in [0.25, 0.3) is 0 Å².